The first kappa shape index (κ1) is 18.3. The predicted molar refractivity (Wildman–Crippen MR) is 109 cm³/mol. The van der Waals surface area contributed by atoms with Crippen LogP contribution >= 0.6 is 0 Å². The van der Waals surface area contributed by atoms with Crippen molar-refractivity contribution in [3.05, 3.63) is 84.3 Å². The molecule has 0 aliphatic rings. The topological polar surface area (TPSA) is 68.1 Å². The second-order valence-electron chi connectivity index (χ2n) is 6.67. The minimum atomic E-state index is -3.68. The molecular weight excluding hydrogens is 372 g/mol. The van der Waals surface area contributed by atoms with Crippen LogP contribution in [0, 0.1) is 6.92 Å². The Bertz CT molecular complexity index is 1230. The van der Waals surface area contributed by atoms with Gasteiger partial charge < -0.3 is 0 Å². The van der Waals surface area contributed by atoms with Crippen LogP contribution in [0.4, 0.5) is 0 Å². The fourth-order valence-electron chi connectivity index (χ4n) is 3.19. The van der Waals surface area contributed by atoms with Gasteiger partial charge in [-0.15, -0.1) is 0 Å². The van der Waals surface area contributed by atoms with Crippen molar-refractivity contribution < 1.29 is 8.42 Å². The number of nitrogens with zero attached hydrogens (tertiary/aromatic N) is 4. The highest BCUT2D eigenvalue weighted by Gasteiger charge is 2.24. The van der Waals surface area contributed by atoms with E-state index in [2.05, 4.69) is 10.1 Å². The van der Waals surface area contributed by atoms with Crippen molar-refractivity contribution >= 4 is 20.9 Å². The molecule has 0 aliphatic carbocycles. The number of hydrogen-bond donors (Lipinski definition) is 0. The van der Waals surface area contributed by atoms with Crippen LogP contribution in [-0.2, 0) is 16.6 Å². The highest BCUT2D eigenvalue weighted by atomic mass is 32.2. The number of para-hydroxylation sites is 1. The van der Waals surface area contributed by atoms with E-state index in [9.17, 15) is 8.42 Å². The van der Waals surface area contributed by atoms with E-state index in [1.807, 2.05) is 43.5 Å². The van der Waals surface area contributed by atoms with Gasteiger partial charge in [0.25, 0.3) is 0 Å². The van der Waals surface area contributed by atoms with Crippen molar-refractivity contribution in [1.29, 1.82) is 0 Å². The van der Waals surface area contributed by atoms with Gasteiger partial charge in [-0.1, -0.05) is 24.3 Å². The Kier molecular flexibility index (Phi) is 4.70. The number of aromatic nitrogens is 3. The number of fused-ring (bicyclic) bond motifs is 1. The minimum Gasteiger partial charge on any atom is -0.256 e. The lowest BCUT2D eigenvalue weighted by Crippen LogP contribution is -2.26. The average molecular weight is 392 g/mol. The molecule has 2 aromatic heterocycles. The van der Waals surface area contributed by atoms with Crippen molar-refractivity contribution in [3.63, 3.8) is 0 Å². The van der Waals surface area contributed by atoms with Crippen molar-refractivity contribution in [3.8, 4) is 5.69 Å². The molecule has 0 bridgehead atoms. The molecular formula is C21H20N4O2S. The molecule has 0 atom stereocenters. The monoisotopic (exact) mass is 392 g/mol. The fraction of sp³-hybridized carbons (Fsp3) is 0.143. The maximum absolute atomic E-state index is 13.2. The molecule has 6 nitrogen and oxygen atoms in total. The highest BCUT2D eigenvalue weighted by molar-refractivity contribution is 7.89. The summed E-state index contributed by atoms with van der Waals surface area (Å²) in [4.78, 5) is 4.60. The largest absolute Gasteiger partial charge is 0.256 e. The van der Waals surface area contributed by atoms with Gasteiger partial charge in [0.1, 0.15) is 0 Å². The summed E-state index contributed by atoms with van der Waals surface area (Å²) in [5, 5.41) is 4.97. The first-order valence-corrected chi connectivity index (χ1v) is 10.3. The summed E-state index contributed by atoms with van der Waals surface area (Å²) in [7, 11) is -2.10. The van der Waals surface area contributed by atoms with Gasteiger partial charge in [0.05, 0.1) is 22.3 Å². The van der Waals surface area contributed by atoms with E-state index >= 15 is 0 Å². The summed E-state index contributed by atoms with van der Waals surface area (Å²) in [6.07, 6.45) is 5.21. The molecule has 0 amide bonds. The number of sulfonamides is 1. The van der Waals surface area contributed by atoms with Gasteiger partial charge in [-0.25, -0.2) is 13.1 Å². The zero-order valence-electron chi connectivity index (χ0n) is 15.6. The Morgan fingerprint density at radius 2 is 1.82 bits per heavy atom. The molecule has 0 saturated carbocycles. The van der Waals surface area contributed by atoms with E-state index < -0.39 is 10.0 Å². The van der Waals surface area contributed by atoms with Crippen molar-refractivity contribution in [2.45, 2.75) is 18.4 Å². The van der Waals surface area contributed by atoms with E-state index in [-0.39, 0.29) is 11.4 Å². The number of benzene rings is 2. The Morgan fingerprint density at radius 3 is 2.61 bits per heavy atom. The molecule has 4 rings (SSSR count). The van der Waals surface area contributed by atoms with Crippen LogP contribution < -0.4 is 0 Å². The van der Waals surface area contributed by atoms with Crippen LogP contribution in [0.25, 0.3) is 16.6 Å². The lowest BCUT2D eigenvalue weighted by atomic mass is 10.1. The molecule has 2 aromatic carbocycles. The average Bonchev–Trinajstić information content (AvgIpc) is 3.17. The van der Waals surface area contributed by atoms with Crippen LogP contribution in [0.15, 0.2) is 78.1 Å². The molecule has 0 aliphatic heterocycles. The zero-order valence-corrected chi connectivity index (χ0v) is 16.5. The third-order valence-electron chi connectivity index (χ3n) is 4.68. The molecule has 0 N–H and O–H groups in total. The van der Waals surface area contributed by atoms with Crippen LogP contribution in [0.5, 0.6) is 0 Å². The van der Waals surface area contributed by atoms with Gasteiger partial charge in [0, 0.05) is 36.9 Å². The Labute approximate surface area is 164 Å². The molecule has 0 saturated heterocycles. The summed E-state index contributed by atoms with van der Waals surface area (Å²) in [5.41, 5.74) is 3.38. The third kappa shape index (κ3) is 3.30. The predicted octanol–water partition coefficient (Wildman–Crippen LogP) is 3.55. The van der Waals surface area contributed by atoms with Crippen molar-refractivity contribution in [2.75, 3.05) is 7.05 Å². The van der Waals surface area contributed by atoms with Crippen molar-refractivity contribution in [2.24, 2.45) is 0 Å². The summed E-state index contributed by atoms with van der Waals surface area (Å²) in [6.45, 7) is 2.15. The number of hydrogen-bond acceptors (Lipinski definition) is 4. The van der Waals surface area contributed by atoms with Gasteiger partial charge in [-0.05, 0) is 42.8 Å². The second kappa shape index (κ2) is 7.18. The van der Waals surface area contributed by atoms with Crippen molar-refractivity contribution in [1.82, 2.24) is 19.1 Å². The maximum Gasteiger partial charge on any atom is 0.243 e. The number of aryl methyl sites for hydroxylation is 1. The summed E-state index contributed by atoms with van der Waals surface area (Å²) in [5.74, 6) is 0. The van der Waals surface area contributed by atoms with Gasteiger partial charge in [-0.2, -0.15) is 9.40 Å². The first-order chi connectivity index (χ1) is 13.5. The van der Waals surface area contributed by atoms with Crippen LogP contribution in [-0.4, -0.2) is 34.5 Å². The fourth-order valence-corrected chi connectivity index (χ4v) is 4.52. The van der Waals surface area contributed by atoms with E-state index in [4.69, 9.17) is 0 Å². The molecule has 0 unspecified atom stereocenters. The molecule has 0 radical (unpaired) electrons. The molecule has 0 fully saturated rings. The molecule has 0 spiro atoms. The summed E-state index contributed by atoms with van der Waals surface area (Å²) >= 11 is 0. The maximum atomic E-state index is 13.2. The van der Waals surface area contributed by atoms with E-state index in [0.29, 0.717) is 10.9 Å². The Morgan fingerprint density at radius 1 is 1.04 bits per heavy atom. The highest BCUT2D eigenvalue weighted by Crippen LogP contribution is 2.27. The van der Waals surface area contributed by atoms with Gasteiger partial charge in [0.15, 0.2) is 0 Å². The smallest absolute Gasteiger partial charge is 0.243 e. The quantitative estimate of drug-likeness (QED) is 0.521. The molecule has 7 heteroatoms. The van der Waals surface area contributed by atoms with E-state index in [1.165, 1.54) is 4.31 Å². The van der Waals surface area contributed by atoms with E-state index in [1.54, 1.807) is 48.4 Å². The number of rotatable bonds is 5. The van der Waals surface area contributed by atoms with Gasteiger partial charge >= 0.3 is 0 Å². The van der Waals surface area contributed by atoms with E-state index in [0.717, 1.165) is 16.8 Å². The first-order valence-electron chi connectivity index (χ1n) is 8.86. The minimum absolute atomic E-state index is 0.227. The zero-order chi connectivity index (χ0) is 19.7. The van der Waals surface area contributed by atoms with Gasteiger partial charge in [0.2, 0.25) is 10.0 Å². The summed E-state index contributed by atoms with van der Waals surface area (Å²) < 4.78 is 29.5. The SMILES string of the molecule is Cc1ccc(S(=O)(=O)N(C)Cc2cnn(-c3ccccc3)c2)c2cccnc12. The molecule has 142 valence electrons. The van der Waals surface area contributed by atoms with Crippen LogP contribution in [0.3, 0.4) is 0 Å². The Balaban J connectivity index is 1.64. The normalized spacial score (nSPS) is 12.0. The van der Waals surface area contributed by atoms with Gasteiger partial charge in [-0.3, -0.25) is 4.98 Å². The summed E-state index contributed by atoms with van der Waals surface area (Å²) in [6, 6.07) is 16.7. The Hall–Kier alpha value is -3.03. The molecule has 2 heterocycles. The third-order valence-corrected chi connectivity index (χ3v) is 6.54. The van der Waals surface area contributed by atoms with Crippen LogP contribution in [0.1, 0.15) is 11.1 Å². The second-order valence-corrected chi connectivity index (χ2v) is 8.68. The lowest BCUT2D eigenvalue weighted by Gasteiger charge is -2.18. The molecule has 4 aromatic rings. The molecule has 28 heavy (non-hydrogen) atoms. The number of pyridine rings is 1. The standard InChI is InChI=1S/C21H20N4O2S/c1-16-10-11-20(19-9-6-12-22-21(16)19)28(26,27)24(2)14-17-13-23-25(15-17)18-7-4-3-5-8-18/h3-13,15H,14H2,1-2H3. The lowest BCUT2D eigenvalue weighted by molar-refractivity contribution is 0.467. The van der Waals surface area contributed by atoms with Crippen LogP contribution in [0.2, 0.25) is 0 Å².